The lowest BCUT2D eigenvalue weighted by molar-refractivity contribution is 0.722. The summed E-state index contributed by atoms with van der Waals surface area (Å²) in [5.41, 5.74) is 4.58. The highest BCUT2D eigenvalue weighted by Crippen LogP contribution is 2.16. The fraction of sp³-hybridized carbons (Fsp3) is 0.200. The summed E-state index contributed by atoms with van der Waals surface area (Å²) in [6.07, 6.45) is 6.53. The second kappa shape index (κ2) is 7.94. The molecular formula is C20H22N4S. The van der Waals surface area contributed by atoms with Gasteiger partial charge in [-0.2, -0.15) is 0 Å². The van der Waals surface area contributed by atoms with Crippen LogP contribution in [0.15, 0.2) is 67.3 Å². The molecule has 4 nitrogen and oxygen atoms in total. The number of thiocarbonyl (C=S) groups is 1. The molecule has 0 saturated carbocycles. The standard InChI is InChI=1S/C20H22N4S/c1-3-16-4-8-18(9-5-16)23-20(25)22-15(2)17-6-10-19(11-7-17)24-13-12-21-14-24/h4-15H,3H2,1-2H3,(H2,22,23,25)/t15-/m0/s1. The topological polar surface area (TPSA) is 41.9 Å². The molecule has 0 fully saturated rings. The minimum atomic E-state index is 0.117. The molecule has 0 unspecified atom stereocenters. The molecule has 0 spiro atoms. The largest absolute Gasteiger partial charge is 0.356 e. The quantitative estimate of drug-likeness (QED) is 0.666. The second-order valence-electron chi connectivity index (χ2n) is 5.93. The molecular weight excluding hydrogens is 328 g/mol. The third kappa shape index (κ3) is 4.45. The number of hydrogen-bond acceptors (Lipinski definition) is 2. The van der Waals surface area contributed by atoms with Crippen LogP contribution in [0.2, 0.25) is 0 Å². The van der Waals surface area contributed by atoms with Crippen molar-refractivity contribution in [1.29, 1.82) is 0 Å². The van der Waals surface area contributed by atoms with Crippen molar-refractivity contribution < 1.29 is 0 Å². The Bertz CT molecular complexity index is 808. The third-order valence-electron chi connectivity index (χ3n) is 4.16. The summed E-state index contributed by atoms with van der Waals surface area (Å²) in [7, 11) is 0. The molecule has 1 heterocycles. The Kier molecular flexibility index (Phi) is 5.46. The van der Waals surface area contributed by atoms with Gasteiger partial charge in [-0.3, -0.25) is 0 Å². The average Bonchev–Trinajstić information content (AvgIpc) is 3.17. The first-order valence-electron chi connectivity index (χ1n) is 8.40. The van der Waals surface area contributed by atoms with E-state index in [1.165, 1.54) is 11.1 Å². The first-order chi connectivity index (χ1) is 12.2. The van der Waals surface area contributed by atoms with E-state index in [2.05, 4.69) is 78.0 Å². The van der Waals surface area contributed by atoms with E-state index in [-0.39, 0.29) is 6.04 Å². The molecule has 0 bridgehead atoms. The van der Waals surface area contributed by atoms with Gasteiger partial charge in [0.25, 0.3) is 0 Å². The summed E-state index contributed by atoms with van der Waals surface area (Å²) in [5, 5.41) is 7.19. The monoisotopic (exact) mass is 350 g/mol. The van der Waals surface area contributed by atoms with E-state index in [0.29, 0.717) is 5.11 Å². The van der Waals surface area contributed by atoms with Gasteiger partial charge >= 0.3 is 0 Å². The highest BCUT2D eigenvalue weighted by atomic mass is 32.1. The average molecular weight is 350 g/mol. The predicted octanol–water partition coefficient (Wildman–Crippen LogP) is 4.48. The van der Waals surface area contributed by atoms with Crippen molar-refractivity contribution in [3.63, 3.8) is 0 Å². The number of hydrogen-bond donors (Lipinski definition) is 2. The zero-order valence-electron chi connectivity index (χ0n) is 14.4. The minimum absolute atomic E-state index is 0.117. The van der Waals surface area contributed by atoms with Crippen LogP contribution in [0.4, 0.5) is 5.69 Å². The number of nitrogens with zero attached hydrogens (tertiary/aromatic N) is 2. The zero-order chi connectivity index (χ0) is 17.6. The van der Waals surface area contributed by atoms with Crippen LogP contribution in [0.25, 0.3) is 5.69 Å². The van der Waals surface area contributed by atoms with Gasteiger partial charge in [0.2, 0.25) is 0 Å². The van der Waals surface area contributed by atoms with Crippen LogP contribution < -0.4 is 10.6 Å². The van der Waals surface area contributed by atoms with E-state index in [1.807, 2.05) is 10.8 Å². The number of aromatic nitrogens is 2. The lowest BCUT2D eigenvalue weighted by atomic mass is 10.1. The second-order valence-corrected chi connectivity index (χ2v) is 6.34. The van der Waals surface area contributed by atoms with Crippen molar-refractivity contribution in [2.24, 2.45) is 0 Å². The molecule has 1 atom stereocenters. The summed E-state index contributed by atoms with van der Waals surface area (Å²) < 4.78 is 1.98. The van der Waals surface area contributed by atoms with Gasteiger partial charge in [-0.05, 0) is 61.0 Å². The smallest absolute Gasteiger partial charge is 0.171 e. The van der Waals surface area contributed by atoms with E-state index >= 15 is 0 Å². The zero-order valence-corrected chi connectivity index (χ0v) is 15.3. The van der Waals surface area contributed by atoms with Crippen molar-refractivity contribution in [2.45, 2.75) is 26.3 Å². The number of anilines is 1. The maximum absolute atomic E-state index is 5.43. The van der Waals surface area contributed by atoms with Gasteiger partial charge in [-0.1, -0.05) is 31.2 Å². The predicted molar refractivity (Wildman–Crippen MR) is 107 cm³/mol. The molecule has 25 heavy (non-hydrogen) atoms. The lowest BCUT2D eigenvalue weighted by Gasteiger charge is -2.18. The molecule has 3 rings (SSSR count). The number of imidazole rings is 1. The summed E-state index contributed by atoms with van der Waals surface area (Å²) in [6.45, 7) is 4.24. The van der Waals surface area contributed by atoms with Crippen molar-refractivity contribution in [2.75, 3.05) is 5.32 Å². The minimum Gasteiger partial charge on any atom is -0.356 e. The Morgan fingerprint density at radius 1 is 1.12 bits per heavy atom. The summed E-state index contributed by atoms with van der Waals surface area (Å²) in [6, 6.07) is 16.8. The Balaban J connectivity index is 1.59. The third-order valence-corrected chi connectivity index (χ3v) is 4.38. The Morgan fingerprint density at radius 3 is 2.44 bits per heavy atom. The number of rotatable bonds is 5. The number of benzene rings is 2. The van der Waals surface area contributed by atoms with Crippen LogP contribution in [-0.4, -0.2) is 14.7 Å². The van der Waals surface area contributed by atoms with Gasteiger partial charge in [-0.15, -0.1) is 0 Å². The fourth-order valence-electron chi connectivity index (χ4n) is 2.62. The van der Waals surface area contributed by atoms with E-state index in [1.54, 1.807) is 12.5 Å². The van der Waals surface area contributed by atoms with Crippen LogP contribution in [0.5, 0.6) is 0 Å². The van der Waals surface area contributed by atoms with E-state index < -0.39 is 0 Å². The van der Waals surface area contributed by atoms with Gasteiger partial charge in [0.05, 0.1) is 12.4 Å². The lowest BCUT2D eigenvalue weighted by Crippen LogP contribution is -2.30. The van der Waals surface area contributed by atoms with Crippen molar-refractivity contribution in [3.05, 3.63) is 78.4 Å². The normalized spacial score (nSPS) is 11.8. The molecule has 0 amide bonds. The van der Waals surface area contributed by atoms with Crippen LogP contribution in [0.1, 0.15) is 31.0 Å². The first kappa shape index (κ1) is 17.2. The van der Waals surface area contributed by atoms with E-state index in [9.17, 15) is 0 Å². The first-order valence-corrected chi connectivity index (χ1v) is 8.81. The van der Waals surface area contributed by atoms with Crippen LogP contribution >= 0.6 is 12.2 Å². The van der Waals surface area contributed by atoms with Gasteiger partial charge in [0.15, 0.2) is 5.11 Å². The number of aryl methyl sites for hydroxylation is 1. The Hall–Kier alpha value is -2.66. The molecule has 128 valence electrons. The van der Waals surface area contributed by atoms with Gasteiger partial charge in [-0.25, -0.2) is 4.98 Å². The SMILES string of the molecule is CCc1ccc(NC(=S)N[C@@H](C)c2ccc(-n3ccnc3)cc2)cc1. The fourth-order valence-corrected chi connectivity index (χ4v) is 2.91. The number of nitrogens with one attached hydrogen (secondary N) is 2. The Morgan fingerprint density at radius 2 is 1.84 bits per heavy atom. The molecule has 0 aliphatic carbocycles. The van der Waals surface area contributed by atoms with Gasteiger partial charge in [0, 0.05) is 23.8 Å². The van der Waals surface area contributed by atoms with Crippen molar-refractivity contribution in [3.8, 4) is 5.69 Å². The van der Waals surface area contributed by atoms with Gasteiger partial charge in [0.1, 0.15) is 0 Å². The summed E-state index contributed by atoms with van der Waals surface area (Å²) in [5.74, 6) is 0. The Labute approximate surface area is 153 Å². The molecule has 1 aromatic heterocycles. The van der Waals surface area contributed by atoms with Crippen LogP contribution in [0.3, 0.4) is 0 Å². The highest BCUT2D eigenvalue weighted by molar-refractivity contribution is 7.80. The molecule has 0 radical (unpaired) electrons. The van der Waals surface area contributed by atoms with Crippen molar-refractivity contribution >= 4 is 23.0 Å². The van der Waals surface area contributed by atoms with Gasteiger partial charge < -0.3 is 15.2 Å². The summed E-state index contributed by atoms with van der Waals surface area (Å²) in [4.78, 5) is 4.07. The maximum Gasteiger partial charge on any atom is 0.171 e. The molecule has 5 heteroatoms. The maximum atomic E-state index is 5.43. The molecule has 0 aliphatic heterocycles. The van der Waals surface area contributed by atoms with Crippen molar-refractivity contribution in [1.82, 2.24) is 14.9 Å². The highest BCUT2D eigenvalue weighted by Gasteiger charge is 2.07. The summed E-state index contributed by atoms with van der Waals surface area (Å²) >= 11 is 5.43. The molecule has 2 N–H and O–H groups in total. The molecule has 3 aromatic rings. The molecule has 2 aromatic carbocycles. The molecule has 0 aliphatic rings. The van der Waals surface area contributed by atoms with E-state index in [4.69, 9.17) is 12.2 Å². The van der Waals surface area contributed by atoms with Crippen LogP contribution in [-0.2, 0) is 6.42 Å². The van der Waals surface area contributed by atoms with Crippen LogP contribution in [0, 0.1) is 0 Å². The van der Waals surface area contributed by atoms with E-state index in [0.717, 1.165) is 17.8 Å². The molecule has 0 saturated heterocycles.